The fourth-order valence-corrected chi connectivity index (χ4v) is 5.84. The van der Waals surface area contributed by atoms with Crippen molar-refractivity contribution in [3.05, 3.63) is 76.9 Å². The number of hydrogen-bond acceptors (Lipinski definition) is 2. The van der Waals surface area contributed by atoms with Crippen LogP contribution < -0.4 is 15.8 Å². The summed E-state index contributed by atoms with van der Waals surface area (Å²) >= 11 is 0. The van der Waals surface area contributed by atoms with Gasteiger partial charge in [-0.25, -0.2) is 0 Å². The molecule has 0 bridgehead atoms. The van der Waals surface area contributed by atoms with Gasteiger partial charge < -0.3 is 9.55 Å². The smallest absolute Gasteiger partial charge is 0.365 e. The van der Waals surface area contributed by atoms with E-state index in [0.29, 0.717) is 0 Å². The largest absolute Gasteiger partial charge is 0.430 e. The average molecular weight is 437 g/mol. The molecule has 0 N–H and O–H groups in total. The summed E-state index contributed by atoms with van der Waals surface area (Å²) in [6.45, 7) is 9.34. The van der Waals surface area contributed by atoms with Gasteiger partial charge in [0.25, 0.3) is 0 Å². The van der Waals surface area contributed by atoms with E-state index in [1.165, 1.54) is 75.9 Å². The molecule has 170 valence electrons. The van der Waals surface area contributed by atoms with Crippen molar-refractivity contribution in [2.45, 2.75) is 71.6 Å². The highest BCUT2D eigenvalue weighted by Crippen LogP contribution is 2.52. The quantitative estimate of drug-likeness (QED) is 0.389. The van der Waals surface area contributed by atoms with Crippen LogP contribution >= 0.6 is 0 Å². The van der Waals surface area contributed by atoms with E-state index >= 15 is 0 Å². The molecule has 0 spiro atoms. The van der Waals surface area contributed by atoms with E-state index in [1.54, 1.807) is 0 Å². The number of nitrogens with zero attached hydrogens (tertiary/aromatic N) is 1. The van der Waals surface area contributed by atoms with Crippen LogP contribution in [0, 0.1) is 0 Å². The Morgan fingerprint density at radius 1 is 0.788 bits per heavy atom. The minimum Gasteiger partial charge on any atom is -0.430 e. The third-order valence-corrected chi connectivity index (χ3v) is 7.69. The van der Waals surface area contributed by atoms with Crippen molar-refractivity contribution in [3.8, 4) is 0 Å². The molecule has 33 heavy (non-hydrogen) atoms. The third-order valence-electron chi connectivity index (χ3n) is 7.69. The number of fused-ring (bicyclic) bond motifs is 4. The first kappa shape index (κ1) is 22.3. The minimum absolute atomic E-state index is 0.0334. The van der Waals surface area contributed by atoms with Crippen LogP contribution in [0.3, 0.4) is 0 Å². The van der Waals surface area contributed by atoms with Crippen LogP contribution in [0.1, 0.15) is 75.6 Å². The molecule has 0 radical (unpaired) electrons. The van der Waals surface area contributed by atoms with Crippen molar-refractivity contribution >= 4 is 34.9 Å². The van der Waals surface area contributed by atoms with Gasteiger partial charge in [-0.05, 0) is 71.0 Å². The Balaban J connectivity index is 1.79. The van der Waals surface area contributed by atoms with Gasteiger partial charge in [-0.1, -0.05) is 83.0 Å². The highest BCUT2D eigenvalue weighted by Gasteiger charge is 2.44. The number of para-hydroxylation sites is 1. The minimum atomic E-state index is -0.0645. The maximum Gasteiger partial charge on any atom is 0.365 e. The lowest BCUT2D eigenvalue weighted by Gasteiger charge is -2.47. The Morgan fingerprint density at radius 3 is 2.21 bits per heavy atom. The molecule has 0 aromatic heterocycles. The van der Waals surface area contributed by atoms with Crippen molar-refractivity contribution in [3.63, 3.8) is 0 Å². The summed E-state index contributed by atoms with van der Waals surface area (Å²) in [4.78, 5) is 2.52. The number of unbranched alkanes of at least 4 members (excludes halogenated alkanes) is 2. The summed E-state index contributed by atoms with van der Waals surface area (Å²) in [6.07, 6.45) is 7.16. The fourth-order valence-electron chi connectivity index (χ4n) is 5.84. The molecule has 3 aromatic carbocycles. The highest BCUT2D eigenvalue weighted by atomic mass is 16.4. The molecule has 0 fully saturated rings. The maximum atomic E-state index is 6.17. The molecule has 3 heteroatoms. The van der Waals surface area contributed by atoms with Crippen molar-refractivity contribution < 1.29 is 4.65 Å². The van der Waals surface area contributed by atoms with E-state index in [1.807, 2.05) is 7.11 Å². The van der Waals surface area contributed by atoms with Gasteiger partial charge in [0, 0.05) is 23.9 Å². The molecule has 0 saturated heterocycles. The summed E-state index contributed by atoms with van der Waals surface area (Å²) in [5.74, 6) is 0. The first-order chi connectivity index (χ1) is 16.0. The standard InChI is InChI=1S/C30H36BNO/c1-6-8-12-21-16-17-27-23(18-21)30(3,4)24-19-22(13-9-7-2)20-26-29(24)32(27)28-15-11-10-14-25(28)31(26)33-5/h10-11,14-20H,6-9,12-13H2,1-5H3. The number of aryl methyl sites for hydroxylation is 2. The van der Waals surface area contributed by atoms with E-state index in [9.17, 15) is 0 Å². The van der Waals surface area contributed by atoms with Gasteiger partial charge in [0.15, 0.2) is 0 Å². The zero-order valence-electron chi connectivity index (χ0n) is 20.9. The lowest BCUT2D eigenvalue weighted by molar-refractivity contribution is 0.439. The second kappa shape index (κ2) is 8.68. The van der Waals surface area contributed by atoms with E-state index in [-0.39, 0.29) is 12.3 Å². The predicted octanol–water partition coefficient (Wildman–Crippen LogP) is 6.55. The Bertz CT molecular complexity index is 1180. The van der Waals surface area contributed by atoms with Crippen molar-refractivity contribution in [1.82, 2.24) is 0 Å². The van der Waals surface area contributed by atoms with Gasteiger partial charge in [0.1, 0.15) is 0 Å². The molecule has 0 saturated carbocycles. The van der Waals surface area contributed by atoms with Gasteiger partial charge >= 0.3 is 6.92 Å². The van der Waals surface area contributed by atoms with Crippen LogP contribution in [0.15, 0.2) is 54.6 Å². The monoisotopic (exact) mass is 437 g/mol. The van der Waals surface area contributed by atoms with Crippen LogP contribution in [0.4, 0.5) is 17.1 Å². The van der Waals surface area contributed by atoms with E-state index in [4.69, 9.17) is 4.65 Å². The number of benzene rings is 3. The van der Waals surface area contributed by atoms with E-state index in [2.05, 4.69) is 87.2 Å². The van der Waals surface area contributed by atoms with Crippen LogP contribution in [0.5, 0.6) is 0 Å². The zero-order chi connectivity index (χ0) is 23.2. The molecule has 0 atom stereocenters. The fraction of sp³-hybridized carbons (Fsp3) is 0.400. The molecular formula is C30H36BNO. The summed E-state index contributed by atoms with van der Waals surface area (Å²) in [5.41, 5.74) is 12.2. The average Bonchev–Trinajstić information content (AvgIpc) is 2.83. The molecule has 3 aromatic rings. The Hall–Kier alpha value is -2.52. The van der Waals surface area contributed by atoms with Gasteiger partial charge in [-0.15, -0.1) is 0 Å². The van der Waals surface area contributed by atoms with Crippen LogP contribution in [0.2, 0.25) is 0 Å². The predicted molar refractivity (Wildman–Crippen MR) is 143 cm³/mol. The summed E-state index contributed by atoms with van der Waals surface area (Å²) in [5, 5.41) is 0. The van der Waals surface area contributed by atoms with Crippen LogP contribution in [-0.4, -0.2) is 14.0 Å². The molecule has 2 aliphatic rings. The first-order valence-electron chi connectivity index (χ1n) is 12.7. The SMILES string of the molecule is CCCCc1ccc2c(c1)C(C)(C)c1cc(CCCC)cc3c1N2c1ccccc1B3OC. The summed E-state index contributed by atoms with van der Waals surface area (Å²) in [6, 6.07) is 20.9. The second-order valence-electron chi connectivity index (χ2n) is 10.3. The molecule has 5 rings (SSSR count). The summed E-state index contributed by atoms with van der Waals surface area (Å²) < 4.78 is 6.17. The Labute approximate surface area is 200 Å². The lowest BCUT2D eigenvalue weighted by atomic mass is 9.50. The van der Waals surface area contributed by atoms with Crippen LogP contribution in [-0.2, 0) is 22.9 Å². The number of rotatable bonds is 7. The Kier molecular flexibility index (Phi) is 5.87. The lowest BCUT2D eigenvalue weighted by Crippen LogP contribution is -2.53. The van der Waals surface area contributed by atoms with Crippen molar-refractivity contribution in [2.75, 3.05) is 12.0 Å². The molecule has 2 heterocycles. The maximum absolute atomic E-state index is 6.17. The second-order valence-corrected chi connectivity index (χ2v) is 10.3. The third kappa shape index (κ3) is 3.53. The van der Waals surface area contributed by atoms with Crippen molar-refractivity contribution in [2.24, 2.45) is 0 Å². The normalized spacial score (nSPS) is 15.2. The molecule has 2 nitrogen and oxygen atoms in total. The molecule has 0 aliphatic carbocycles. The number of hydrogen-bond donors (Lipinski definition) is 0. The zero-order valence-corrected chi connectivity index (χ0v) is 20.9. The van der Waals surface area contributed by atoms with Crippen LogP contribution in [0.25, 0.3) is 0 Å². The van der Waals surface area contributed by atoms with Gasteiger partial charge in [-0.3, -0.25) is 0 Å². The highest BCUT2D eigenvalue weighted by molar-refractivity contribution is 6.83. The van der Waals surface area contributed by atoms with Gasteiger partial charge in [0.05, 0.1) is 5.69 Å². The van der Waals surface area contributed by atoms with Crippen molar-refractivity contribution in [1.29, 1.82) is 0 Å². The summed E-state index contributed by atoms with van der Waals surface area (Å²) in [7, 11) is 1.85. The van der Waals surface area contributed by atoms with E-state index in [0.717, 1.165) is 12.8 Å². The molecule has 2 aliphatic heterocycles. The first-order valence-corrected chi connectivity index (χ1v) is 12.7. The Morgan fingerprint density at radius 2 is 1.48 bits per heavy atom. The van der Waals surface area contributed by atoms with Gasteiger partial charge in [0.2, 0.25) is 0 Å². The van der Waals surface area contributed by atoms with E-state index < -0.39 is 0 Å². The molecular weight excluding hydrogens is 401 g/mol. The molecule has 0 unspecified atom stereocenters. The van der Waals surface area contributed by atoms with Gasteiger partial charge in [-0.2, -0.15) is 0 Å². The molecule has 0 amide bonds. The number of anilines is 3. The topological polar surface area (TPSA) is 12.5 Å².